The highest BCUT2D eigenvalue weighted by Gasteiger charge is 2.29. The van der Waals surface area contributed by atoms with Crippen molar-refractivity contribution in [1.29, 1.82) is 0 Å². The Morgan fingerprint density at radius 3 is 2.81 bits per heavy atom. The molecule has 2 aromatic rings. The van der Waals surface area contributed by atoms with E-state index in [2.05, 4.69) is 36.1 Å². The minimum atomic E-state index is -0.739. The van der Waals surface area contributed by atoms with Crippen LogP contribution in [0.15, 0.2) is 48.5 Å². The lowest BCUT2D eigenvalue weighted by Gasteiger charge is -2.32. The van der Waals surface area contributed by atoms with Crippen molar-refractivity contribution in [3.8, 4) is 0 Å². The molecule has 1 N–H and O–H groups in total. The van der Waals surface area contributed by atoms with Gasteiger partial charge in [-0.15, -0.1) is 0 Å². The van der Waals surface area contributed by atoms with Crippen LogP contribution in [0.5, 0.6) is 0 Å². The van der Waals surface area contributed by atoms with Gasteiger partial charge < -0.3 is 5.11 Å². The molecule has 0 saturated carbocycles. The van der Waals surface area contributed by atoms with Crippen LogP contribution in [0, 0.1) is 6.92 Å². The van der Waals surface area contributed by atoms with Gasteiger partial charge in [0.25, 0.3) is 0 Å². The first-order valence-corrected chi connectivity index (χ1v) is 7.22. The SMILES string of the molecule is Cc1cccc(CN2Cc3ccccc3C(C(=O)O)C2)c1. The molecule has 1 aliphatic heterocycles. The number of rotatable bonds is 3. The summed E-state index contributed by atoms with van der Waals surface area (Å²) < 4.78 is 0. The molecule has 1 heterocycles. The Morgan fingerprint density at radius 1 is 1.24 bits per heavy atom. The molecule has 0 bridgehead atoms. The van der Waals surface area contributed by atoms with Crippen LogP contribution in [0.25, 0.3) is 0 Å². The van der Waals surface area contributed by atoms with Crippen LogP contribution in [-0.2, 0) is 17.9 Å². The van der Waals surface area contributed by atoms with Gasteiger partial charge in [0.05, 0.1) is 5.92 Å². The van der Waals surface area contributed by atoms with Gasteiger partial charge in [0.15, 0.2) is 0 Å². The number of hydrogen-bond acceptors (Lipinski definition) is 2. The molecule has 2 aromatic carbocycles. The molecule has 0 fully saturated rings. The van der Waals surface area contributed by atoms with E-state index < -0.39 is 11.9 Å². The molecule has 0 aromatic heterocycles. The van der Waals surface area contributed by atoms with Crippen molar-refractivity contribution in [3.05, 3.63) is 70.8 Å². The maximum atomic E-state index is 11.5. The second kappa shape index (κ2) is 5.70. The number of benzene rings is 2. The quantitative estimate of drug-likeness (QED) is 0.939. The molecule has 1 unspecified atom stereocenters. The Morgan fingerprint density at radius 2 is 2.05 bits per heavy atom. The van der Waals surface area contributed by atoms with Gasteiger partial charge >= 0.3 is 5.97 Å². The Balaban J connectivity index is 1.85. The summed E-state index contributed by atoms with van der Waals surface area (Å²) >= 11 is 0. The lowest BCUT2D eigenvalue weighted by Crippen LogP contribution is -2.36. The summed E-state index contributed by atoms with van der Waals surface area (Å²) in [5, 5.41) is 9.49. The highest BCUT2D eigenvalue weighted by Crippen LogP contribution is 2.29. The third kappa shape index (κ3) is 2.98. The van der Waals surface area contributed by atoms with E-state index in [0.29, 0.717) is 6.54 Å². The fourth-order valence-corrected chi connectivity index (χ4v) is 3.08. The minimum Gasteiger partial charge on any atom is -0.481 e. The molecule has 0 saturated heterocycles. The number of carboxylic acids is 1. The average Bonchev–Trinajstić information content (AvgIpc) is 2.46. The van der Waals surface area contributed by atoms with E-state index in [9.17, 15) is 9.90 Å². The molecular formula is C18H19NO2. The zero-order valence-electron chi connectivity index (χ0n) is 12.1. The Kier molecular flexibility index (Phi) is 3.76. The van der Waals surface area contributed by atoms with Crippen molar-refractivity contribution in [3.63, 3.8) is 0 Å². The van der Waals surface area contributed by atoms with E-state index in [1.165, 1.54) is 11.1 Å². The van der Waals surface area contributed by atoms with Crippen molar-refractivity contribution in [2.45, 2.75) is 25.9 Å². The number of fused-ring (bicyclic) bond motifs is 1. The van der Waals surface area contributed by atoms with Gasteiger partial charge in [-0.2, -0.15) is 0 Å². The third-order valence-corrected chi connectivity index (χ3v) is 4.05. The molecule has 0 radical (unpaired) electrons. The summed E-state index contributed by atoms with van der Waals surface area (Å²) in [5.41, 5.74) is 4.56. The van der Waals surface area contributed by atoms with Gasteiger partial charge in [-0.05, 0) is 23.6 Å². The highest BCUT2D eigenvalue weighted by atomic mass is 16.4. The van der Waals surface area contributed by atoms with E-state index in [1.54, 1.807) is 0 Å². The lowest BCUT2D eigenvalue weighted by molar-refractivity contribution is -0.139. The van der Waals surface area contributed by atoms with Crippen LogP contribution in [0.3, 0.4) is 0 Å². The topological polar surface area (TPSA) is 40.5 Å². The summed E-state index contributed by atoms with van der Waals surface area (Å²) in [6.07, 6.45) is 0. The molecule has 21 heavy (non-hydrogen) atoms. The smallest absolute Gasteiger partial charge is 0.312 e. The van der Waals surface area contributed by atoms with Gasteiger partial charge in [-0.25, -0.2) is 0 Å². The first-order chi connectivity index (χ1) is 10.1. The van der Waals surface area contributed by atoms with Gasteiger partial charge in [0.2, 0.25) is 0 Å². The van der Waals surface area contributed by atoms with Crippen molar-refractivity contribution < 1.29 is 9.90 Å². The molecule has 0 amide bonds. The number of hydrogen-bond donors (Lipinski definition) is 1. The fourth-order valence-electron chi connectivity index (χ4n) is 3.08. The Bertz CT molecular complexity index is 666. The van der Waals surface area contributed by atoms with Gasteiger partial charge in [-0.3, -0.25) is 9.69 Å². The molecule has 1 atom stereocenters. The summed E-state index contributed by atoms with van der Waals surface area (Å²) in [6, 6.07) is 16.3. The van der Waals surface area contributed by atoms with Crippen LogP contribution in [0.1, 0.15) is 28.2 Å². The van der Waals surface area contributed by atoms with Gasteiger partial charge in [0.1, 0.15) is 0 Å². The second-order valence-corrected chi connectivity index (χ2v) is 5.75. The van der Waals surface area contributed by atoms with Crippen molar-refractivity contribution in [2.24, 2.45) is 0 Å². The number of carbonyl (C=O) groups is 1. The first-order valence-electron chi connectivity index (χ1n) is 7.22. The molecule has 3 rings (SSSR count). The number of carboxylic acid groups (broad SMARTS) is 1. The van der Waals surface area contributed by atoms with Crippen molar-refractivity contribution >= 4 is 5.97 Å². The zero-order valence-corrected chi connectivity index (χ0v) is 12.1. The largest absolute Gasteiger partial charge is 0.481 e. The maximum absolute atomic E-state index is 11.5. The molecule has 3 heteroatoms. The highest BCUT2D eigenvalue weighted by molar-refractivity contribution is 5.77. The standard InChI is InChI=1S/C18H19NO2/c1-13-5-4-6-14(9-13)10-19-11-15-7-2-3-8-16(15)17(12-19)18(20)21/h2-9,17H,10-12H2,1H3,(H,20,21). The van der Waals surface area contributed by atoms with Gasteiger partial charge in [-0.1, -0.05) is 54.1 Å². The zero-order chi connectivity index (χ0) is 14.8. The second-order valence-electron chi connectivity index (χ2n) is 5.75. The normalized spacial score (nSPS) is 18.2. The lowest BCUT2D eigenvalue weighted by atomic mass is 9.89. The minimum absolute atomic E-state index is 0.431. The predicted molar refractivity (Wildman–Crippen MR) is 82.1 cm³/mol. The summed E-state index contributed by atoms with van der Waals surface area (Å²) in [7, 11) is 0. The fraction of sp³-hybridized carbons (Fsp3) is 0.278. The average molecular weight is 281 g/mol. The number of nitrogens with zero attached hydrogens (tertiary/aromatic N) is 1. The monoisotopic (exact) mass is 281 g/mol. The van der Waals surface area contributed by atoms with Crippen LogP contribution in [0.4, 0.5) is 0 Å². The summed E-state index contributed by atoms with van der Waals surface area (Å²) in [6.45, 7) is 4.25. The van der Waals surface area contributed by atoms with Crippen molar-refractivity contribution in [2.75, 3.05) is 6.54 Å². The Labute approximate surface area is 124 Å². The maximum Gasteiger partial charge on any atom is 0.312 e. The van der Waals surface area contributed by atoms with Gasteiger partial charge in [0, 0.05) is 19.6 Å². The number of aliphatic carboxylic acids is 1. The Hall–Kier alpha value is -2.13. The van der Waals surface area contributed by atoms with E-state index in [-0.39, 0.29) is 0 Å². The van der Waals surface area contributed by atoms with Crippen LogP contribution in [-0.4, -0.2) is 22.5 Å². The third-order valence-electron chi connectivity index (χ3n) is 4.05. The van der Waals surface area contributed by atoms with E-state index in [1.807, 2.05) is 24.3 Å². The number of aryl methyl sites for hydroxylation is 1. The summed E-state index contributed by atoms with van der Waals surface area (Å²) in [4.78, 5) is 13.8. The molecular weight excluding hydrogens is 262 g/mol. The van der Waals surface area contributed by atoms with E-state index in [4.69, 9.17) is 0 Å². The summed E-state index contributed by atoms with van der Waals surface area (Å²) in [5.74, 6) is -1.17. The molecule has 3 nitrogen and oxygen atoms in total. The van der Waals surface area contributed by atoms with Crippen LogP contribution in [0.2, 0.25) is 0 Å². The van der Waals surface area contributed by atoms with E-state index in [0.717, 1.165) is 24.2 Å². The molecule has 0 aliphatic carbocycles. The van der Waals surface area contributed by atoms with Crippen LogP contribution < -0.4 is 0 Å². The molecule has 108 valence electrons. The predicted octanol–water partition coefficient (Wildman–Crippen LogP) is 3.18. The van der Waals surface area contributed by atoms with Crippen molar-refractivity contribution in [1.82, 2.24) is 4.90 Å². The first kappa shape index (κ1) is 13.8. The van der Waals surface area contributed by atoms with E-state index >= 15 is 0 Å². The molecule has 1 aliphatic rings. The van der Waals surface area contributed by atoms with Crippen LogP contribution >= 0.6 is 0 Å². The molecule has 0 spiro atoms.